The highest BCUT2D eigenvalue weighted by molar-refractivity contribution is 5.96. The molecule has 1 unspecified atom stereocenters. The molecule has 1 aromatic heterocycles. The number of carbonyl (C=O) groups excluding carboxylic acids is 1. The van der Waals surface area contributed by atoms with E-state index in [9.17, 15) is 4.79 Å². The fourth-order valence-corrected chi connectivity index (χ4v) is 3.43. The number of anilines is 1. The van der Waals surface area contributed by atoms with Crippen molar-refractivity contribution in [1.82, 2.24) is 10.1 Å². The van der Waals surface area contributed by atoms with Crippen LogP contribution in [-0.4, -0.2) is 22.6 Å². The van der Waals surface area contributed by atoms with Crippen LogP contribution in [0.2, 0.25) is 0 Å². The Morgan fingerprint density at radius 1 is 1.11 bits per heavy atom. The topological polar surface area (TPSA) is 59.2 Å². The molecule has 1 aliphatic heterocycles. The number of hydrogen-bond donors (Lipinski definition) is 0. The van der Waals surface area contributed by atoms with E-state index in [1.165, 1.54) is 16.7 Å². The first-order chi connectivity index (χ1) is 13.0. The molecule has 2 aromatic carbocycles. The van der Waals surface area contributed by atoms with Crippen LogP contribution in [0.25, 0.3) is 11.5 Å². The lowest BCUT2D eigenvalue weighted by Gasteiger charge is -2.16. The van der Waals surface area contributed by atoms with Crippen molar-refractivity contribution in [3.63, 3.8) is 0 Å². The number of hydrogen-bond acceptors (Lipinski definition) is 4. The fourth-order valence-electron chi connectivity index (χ4n) is 3.43. The molecule has 0 bridgehead atoms. The first-order valence-corrected chi connectivity index (χ1v) is 9.35. The molecular formula is C22H23N3O2. The van der Waals surface area contributed by atoms with Crippen molar-refractivity contribution in [2.75, 3.05) is 11.4 Å². The number of amides is 1. The molecule has 2 heterocycles. The average Bonchev–Trinajstić information content (AvgIpc) is 3.31. The second kappa shape index (κ2) is 6.99. The summed E-state index contributed by atoms with van der Waals surface area (Å²) in [6.07, 6.45) is 1.39. The summed E-state index contributed by atoms with van der Waals surface area (Å²) in [5.74, 6) is 1.16. The Morgan fingerprint density at radius 3 is 2.59 bits per heavy atom. The summed E-state index contributed by atoms with van der Waals surface area (Å²) in [6.45, 7) is 6.84. The number of benzene rings is 2. The van der Waals surface area contributed by atoms with Gasteiger partial charge in [-0.15, -0.1) is 0 Å². The van der Waals surface area contributed by atoms with Crippen LogP contribution in [0.1, 0.15) is 41.8 Å². The monoisotopic (exact) mass is 361 g/mol. The van der Waals surface area contributed by atoms with E-state index in [0.717, 1.165) is 17.7 Å². The minimum Gasteiger partial charge on any atom is -0.334 e. The van der Waals surface area contributed by atoms with Crippen LogP contribution in [0.5, 0.6) is 0 Å². The lowest BCUT2D eigenvalue weighted by atomic mass is 10.1. The van der Waals surface area contributed by atoms with Gasteiger partial charge >= 0.3 is 0 Å². The normalized spacial score (nSPS) is 16.9. The third-order valence-electron chi connectivity index (χ3n) is 5.34. The molecule has 0 N–H and O–H groups in total. The molecular weight excluding hydrogens is 338 g/mol. The summed E-state index contributed by atoms with van der Waals surface area (Å²) < 4.78 is 5.47. The molecule has 1 atom stereocenters. The Labute approximate surface area is 159 Å². The van der Waals surface area contributed by atoms with Crippen LogP contribution in [0.4, 0.5) is 5.69 Å². The molecule has 0 radical (unpaired) electrons. The third kappa shape index (κ3) is 3.37. The molecule has 5 nitrogen and oxygen atoms in total. The van der Waals surface area contributed by atoms with E-state index in [1.807, 2.05) is 29.2 Å². The third-order valence-corrected chi connectivity index (χ3v) is 5.34. The smallest absolute Gasteiger partial charge is 0.257 e. The Hall–Kier alpha value is -2.95. The molecule has 3 aromatic rings. The predicted octanol–water partition coefficient (Wildman–Crippen LogP) is 4.44. The summed E-state index contributed by atoms with van der Waals surface area (Å²) in [5.41, 5.74) is 5.51. The zero-order chi connectivity index (χ0) is 19.0. The van der Waals surface area contributed by atoms with Gasteiger partial charge in [0.2, 0.25) is 5.91 Å². The van der Waals surface area contributed by atoms with E-state index in [0.29, 0.717) is 24.7 Å². The molecule has 0 aliphatic carbocycles. The summed E-state index contributed by atoms with van der Waals surface area (Å²) in [6, 6.07) is 14.3. The molecule has 1 saturated heterocycles. The Balaban J connectivity index is 1.53. The lowest BCUT2D eigenvalue weighted by Crippen LogP contribution is -2.24. The first-order valence-electron chi connectivity index (χ1n) is 9.35. The number of nitrogens with zero attached hydrogens (tertiary/aromatic N) is 3. The van der Waals surface area contributed by atoms with E-state index in [-0.39, 0.29) is 11.8 Å². The van der Waals surface area contributed by atoms with Crippen LogP contribution < -0.4 is 4.90 Å². The predicted molar refractivity (Wildman–Crippen MR) is 105 cm³/mol. The molecule has 0 saturated carbocycles. The van der Waals surface area contributed by atoms with Gasteiger partial charge in [0, 0.05) is 30.1 Å². The number of aromatic nitrogens is 2. The van der Waals surface area contributed by atoms with Crippen molar-refractivity contribution >= 4 is 11.6 Å². The van der Waals surface area contributed by atoms with Gasteiger partial charge in [0.15, 0.2) is 5.82 Å². The van der Waals surface area contributed by atoms with Crippen molar-refractivity contribution < 1.29 is 9.32 Å². The van der Waals surface area contributed by atoms with E-state index in [1.54, 1.807) is 0 Å². The van der Waals surface area contributed by atoms with Crippen LogP contribution in [0.3, 0.4) is 0 Å². The van der Waals surface area contributed by atoms with Crippen molar-refractivity contribution in [1.29, 1.82) is 0 Å². The highest BCUT2D eigenvalue weighted by atomic mass is 16.5. The molecule has 1 aliphatic rings. The Morgan fingerprint density at radius 2 is 1.89 bits per heavy atom. The van der Waals surface area contributed by atoms with Crippen LogP contribution in [0, 0.1) is 13.8 Å². The van der Waals surface area contributed by atoms with Gasteiger partial charge in [0.1, 0.15) is 0 Å². The number of aryl methyl sites for hydroxylation is 3. The lowest BCUT2D eigenvalue weighted by molar-refractivity contribution is -0.117. The SMILES string of the molecule is CCc1ccc(N2CC(c3noc(-c4ccc(C)c(C)c4)n3)CC2=O)cc1. The van der Waals surface area contributed by atoms with E-state index >= 15 is 0 Å². The van der Waals surface area contributed by atoms with Gasteiger partial charge < -0.3 is 9.42 Å². The van der Waals surface area contributed by atoms with Crippen molar-refractivity contribution in [2.45, 2.75) is 39.5 Å². The zero-order valence-corrected chi connectivity index (χ0v) is 15.9. The van der Waals surface area contributed by atoms with Crippen molar-refractivity contribution in [3.8, 4) is 11.5 Å². The summed E-state index contributed by atoms with van der Waals surface area (Å²) in [5, 5.41) is 4.15. The Bertz CT molecular complexity index is 975. The van der Waals surface area contributed by atoms with E-state index in [4.69, 9.17) is 4.52 Å². The summed E-state index contributed by atoms with van der Waals surface area (Å²) >= 11 is 0. The van der Waals surface area contributed by atoms with Gasteiger partial charge in [-0.25, -0.2) is 0 Å². The largest absolute Gasteiger partial charge is 0.334 e. The second-order valence-electron chi connectivity index (χ2n) is 7.18. The van der Waals surface area contributed by atoms with E-state index in [2.05, 4.69) is 49.1 Å². The van der Waals surface area contributed by atoms with Gasteiger partial charge in [-0.3, -0.25) is 4.79 Å². The van der Waals surface area contributed by atoms with Crippen LogP contribution >= 0.6 is 0 Å². The number of rotatable bonds is 4. The standard InChI is InChI=1S/C22H23N3O2/c1-4-16-6-9-19(10-7-16)25-13-18(12-20(25)26)21-23-22(27-24-21)17-8-5-14(2)15(3)11-17/h5-11,18H,4,12-13H2,1-3H3. The zero-order valence-electron chi connectivity index (χ0n) is 15.9. The van der Waals surface area contributed by atoms with Crippen molar-refractivity contribution in [3.05, 3.63) is 65.0 Å². The molecule has 4 rings (SSSR count). The van der Waals surface area contributed by atoms with Crippen LogP contribution in [-0.2, 0) is 11.2 Å². The van der Waals surface area contributed by atoms with Gasteiger partial charge in [0.05, 0.1) is 0 Å². The second-order valence-corrected chi connectivity index (χ2v) is 7.18. The minimum absolute atomic E-state index is 0.0487. The van der Waals surface area contributed by atoms with Crippen molar-refractivity contribution in [2.24, 2.45) is 0 Å². The average molecular weight is 361 g/mol. The molecule has 27 heavy (non-hydrogen) atoms. The minimum atomic E-state index is -0.0487. The molecule has 138 valence electrons. The molecule has 5 heteroatoms. The van der Waals surface area contributed by atoms with Gasteiger partial charge in [-0.2, -0.15) is 4.98 Å². The first kappa shape index (κ1) is 17.5. The highest BCUT2D eigenvalue weighted by Gasteiger charge is 2.34. The maximum Gasteiger partial charge on any atom is 0.257 e. The summed E-state index contributed by atoms with van der Waals surface area (Å²) in [4.78, 5) is 18.9. The molecule has 1 amide bonds. The highest BCUT2D eigenvalue weighted by Crippen LogP contribution is 2.32. The quantitative estimate of drug-likeness (QED) is 0.689. The Kier molecular flexibility index (Phi) is 4.52. The van der Waals surface area contributed by atoms with Gasteiger partial charge in [-0.05, 0) is 61.2 Å². The van der Waals surface area contributed by atoms with Crippen LogP contribution in [0.15, 0.2) is 47.0 Å². The maximum atomic E-state index is 12.5. The fraction of sp³-hybridized carbons (Fsp3) is 0.318. The molecule has 1 fully saturated rings. The molecule has 0 spiro atoms. The maximum absolute atomic E-state index is 12.5. The summed E-state index contributed by atoms with van der Waals surface area (Å²) in [7, 11) is 0. The van der Waals surface area contributed by atoms with Gasteiger partial charge in [0.25, 0.3) is 5.89 Å². The van der Waals surface area contributed by atoms with Gasteiger partial charge in [-0.1, -0.05) is 30.3 Å². The number of carbonyl (C=O) groups is 1. The van der Waals surface area contributed by atoms with E-state index < -0.39 is 0 Å².